The van der Waals surface area contributed by atoms with Gasteiger partial charge in [-0.25, -0.2) is 18.7 Å². The Bertz CT molecular complexity index is 1290. The number of carbonyl (C=O) groups is 1. The molecule has 1 aromatic heterocycles. The Hall–Kier alpha value is -3.83. The first kappa shape index (κ1) is 25.8. The first-order valence-corrected chi connectivity index (χ1v) is 12.6. The van der Waals surface area contributed by atoms with Gasteiger partial charge in [0.1, 0.15) is 11.4 Å². The van der Waals surface area contributed by atoms with Gasteiger partial charge < -0.3 is 24.8 Å². The third-order valence-corrected chi connectivity index (χ3v) is 6.30. The van der Waals surface area contributed by atoms with E-state index in [9.17, 15) is 13.6 Å². The van der Waals surface area contributed by atoms with Crippen LogP contribution >= 0.6 is 0 Å². The lowest BCUT2D eigenvalue weighted by molar-refractivity contribution is 0.0383. The summed E-state index contributed by atoms with van der Waals surface area (Å²) in [6, 6.07) is 9.17. The fourth-order valence-electron chi connectivity index (χ4n) is 4.24. The monoisotopic (exact) mass is 525 g/mol. The topological polar surface area (TPSA) is 97.8 Å². The lowest BCUT2D eigenvalue weighted by Crippen LogP contribution is -2.41. The minimum absolute atomic E-state index is 0.00665. The smallest absolute Gasteiger partial charge is 0.255 e. The normalized spacial score (nSPS) is 16.1. The highest BCUT2D eigenvalue weighted by Gasteiger charge is 2.17. The van der Waals surface area contributed by atoms with Crippen molar-refractivity contribution in [2.45, 2.75) is 12.8 Å². The Morgan fingerprint density at radius 1 is 0.974 bits per heavy atom. The number of morpholine rings is 1. The Morgan fingerprint density at radius 2 is 1.76 bits per heavy atom. The van der Waals surface area contributed by atoms with Crippen molar-refractivity contribution in [3.63, 3.8) is 0 Å². The molecule has 2 aliphatic heterocycles. The van der Waals surface area contributed by atoms with E-state index in [0.717, 1.165) is 25.8 Å². The first-order chi connectivity index (χ1) is 18.6. The summed E-state index contributed by atoms with van der Waals surface area (Å²) in [6.45, 7) is 4.91. The second-order valence-electron chi connectivity index (χ2n) is 8.99. The van der Waals surface area contributed by atoms with Gasteiger partial charge in [0.05, 0.1) is 38.2 Å². The van der Waals surface area contributed by atoms with Crippen LogP contribution in [0.5, 0.6) is 11.5 Å². The largest absolute Gasteiger partial charge is 0.493 e. The van der Waals surface area contributed by atoms with Crippen LogP contribution in [0.1, 0.15) is 23.2 Å². The maximum atomic E-state index is 14.6. The minimum Gasteiger partial charge on any atom is -0.493 e. The first-order valence-electron chi connectivity index (χ1n) is 12.6. The van der Waals surface area contributed by atoms with E-state index in [4.69, 9.17) is 14.2 Å². The predicted octanol–water partition coefficient (Wildman–Crippen LogP) is 3.78. The Balaban J connectivity index is 1.37. The Kier molecular flexibility index (Phi) is 8.25. The Morgan fingerprint density at radius 3 is 2.58 bits per heavy atom. The second kappa shape index (κ2) is 12.1. The maximum Gasteiger partial charge on any atom is 0.255 e. The summed E-state index contributed by atoms with van der Waals surface area (Å²) >= 11 is 0. The number of hydrogen-bond acceptors (Lipinski definition) is 8. The highest BCUT2D eigenvalue weighted by molar-refractivity contribution is 5.97. The number of ether oxygens (including phenoxy) is 3. The van der Waals surface area contributed by atoms with Gasteiger partial charge in [-0.15, -0.1) is 0 Å². The number of carbonyl (C=O) groups excluding carboxylic acids is 1. The highest BCUT2D eigenvalue weighted by atomic mass is 19.1. The van der Waals surface area contributed by atoms with Gasteiger partial charge in [-0.3, -0.25) is 9.69 Å². The van der Waals surface area contributed by atoms with E-state index in [1.807, 2.05) is 0 Å². The van der Waals surface area contributed by atoms with Crippen LogP contribution in [0.3, 0.4) is 0 Å². The van der Waals surface area contributed by atoms with Gasteiger partial charge in [0.25, 0.3) is 5.91 Å². The number of amides is 1. The number of nitrogens with one attached hydrogen (secondary N) is 2. The molecule has 0 saturated carbocycles. The molecule has 11 heteroatoms. The molecule has 0 atom stereocenters. The van der Waals surface area contributed by atoms with Crippen molar-refractivity contribution in [2.24, 2.45) is 0 Å². The van der Waals surface area contributed by atoms with Crippen molar-refractivity contribution in [3.05, 3.63) is 59.8 Å². The molecular weight excluding hydrogens is 496 g/mol. The fraction of sp³-hybridized carbons (Fsp3) is 0.370. The molecule has 2 aromatic carbocycles. The molecule has 0 radical (unpaired) electrons. The summed E-state index contributed by atoms with van der Waals surface area (Å²) in [4.78, 5) is 23.5. The summed E-state index contributed by atoms with van der Waals surface area (Å²) in [5, 5.41) is 6.00. The lowest BCUT2D eigenvalue weighted by atomic mass is 10.1. The van der Waals surface area contributed by atoms with Gasteiger partial charge in [-0.1, -0.05) is 0 Å². The van der Waals surface area contributed by atoms with E-state index >= 15 is 0 Å². The molecule has 2 N–H and O–H groups in total. The van der Waals surface area contributed by atoms with Gasteiger partial charge in [0.2, 0.25) is 5.95 Å². The summed E-state index contributed by atoms with van der Waals surface area (Å²) in [6.07, 6.45) is 2.26. The van der Waals surface area contributed by atoms with Crippen molar-refractivity contribution in [2.75, 3.05) is 57.9 Å². The molecule has 3 heterocycles. The maximum absolute atomic E-state index is 14.6. The van der Waals surface area contributed by atoms with E-state index in [1.165, 1.54) is 18.2 Å². The molecule has 2 aliphatic rings. The standard InChI is InChI=1S/C27H29F2N5O4/c28-21-6-3-18-15-24(21)38-12-2-1-11-37-23-16-19(32-27-31-17-22(29)25(18)33-27)4-5-20(23)26(35)30-7-8-34-9-13-36-14-10-34/h3-6,15-17H,1-2,7-14H2,(H,30,35)(H,31,32,33). The SMILES string of the molecule is O=C(NCCN1CCOCC1)c1ccc2cc1OCCCCOc1cc(ccc1F)-c1nc(ncc1F)N2. The van der Waals surface area contributed by atoms with Gasteiger partial charge in [0.15, 0.2) is 17.4 Å². The molecule has 0 spiro atoms. The molecule has 6 bridgehead atoms. The quantitative estimate of drug-likeness (QED) is 0.531. The van der Waals surface area contributed by atoms with Gasteiger partial charge in [0, 0.05) is 43.5 Å². The van der Waals surface area contributed by atoms with Crippen molar-refractivity contribution in [3.8, 4) is 22.8 Å². The third-order valence-electron chi connectivity index (χ3n) is 6.30. The number of aromatic nitrogens is 2. The summed E-state index contributed by atoms with van der Waals surface area (Å²) < 4.78 is 45.8. The van der Waals surface area contributed by atoms with Crippen molar-refractivity contribution < 1.29 is 27.8 Å². The molecule has 0 unspecified atom stereocenters. The average Bonchev–Trinajstić information content (AvgIpc) is 2.93. The number of nitrogens with zero attached hydrogens (tertiary/aromatic N) is 3. The zero-order valence-electron chi connectivity index (χ0n) is 20.8. The van der Waals surface area contributed by atoms with Crippen LogP contribution in [0, 0.1) is 11.6 Å². The number of benzene rings is 2. The third kappa shape index (κ3) is 6.35. The van der Waals surface area contributed by atoms with Crippen LogP contribution in [0.4, 0.5) is 20.4 Å². The van der Waals surface area contributed by atoms with E-state index < -0.39 is 11.6 Å². The lowest BCUT2D eigenvalue weighted by Gasteiger charge is -2.26. The summed E-state index contributed by atoms with van der Waals surface area (Å²) in [5.41, 5.74) is 1.34. The molecule has 5 rings (SSSR count). The molecule has 1 amide bonds. The van der Waals surface area contributed by atoms with Crippen LogP contribution in [0.25, 0.3) is 11.3 Å². The predicted molar refractivity (Wildman–Crippen MR) is 137 cm³/mol. The zero-order valence-corrected chi connectivity index (χ0v) is 20.8. The summed E-state index contributed by atoms with van der Waals surface area (Å²) in [7, 11) is 0. The number of halogens is 2. The molecule has 3 aromatic rings. The van der Waals surface area contributed by atoms with Crippen LogP contribution < -0.4 is 20.1 Å². The van der Waals surface area contributed by atoms with Crippen molar-refractivity contribution in [1.29, 1.82) is 0 Å². The second-order valence-corrected chi connectivity index (χ2v) is 8.99. The van der Waals surface area contributed by atoms with Gasteiger partial charge in [-0.2, -0.15) is 0 Å². The molecule has 9 nitrogen and oxygen atoms in total. The number of fused-ring (bicyclic) bond motifs is 7. The number of anilines is 2. The number of rotatable bonds is 4. The molecule has 38 heavy (non-hydrogen) atoms. The van der Waals surface area contributed by atoms with Gasteiger partial charge in [-0.05, 0) is 43.2 Å². The van der Waals surface area contributed by atoms with Crippen molar-refractivity contribution in [1.82, 2.24) is 20.2 Å². The summed E-state index contributed by atoms with van der Waals surface area (Å²) in [5.74, 6) is -0.893. The number of hydrogen-bond donors (Lipinski definition) is 2. The van der Waals surface area contributed by atoms with E-state index in [0.29, 0.717) is 61.8 Å². The van der Waals surface area contributed by atoms with E-state index in [-0.39, 0.29) is 29.9 Å². The Labute approximate surface area is 219 Å². The highest BCUT2D eigenvalue weighted by Crippen LogP contribution is 2.30. The van der Waals surface area contributed by atoms with E-state index in [1.54, 1.807) is 18.2 Å². The van der Waals surface area contributed by atoms with Crippen LogP contribution in [0.15, 0.2) is 42.6 Å². The molecule has 200 valence electrons. The molecular formula is C27H29F2N5O4. The fourth-order valence-corrected chi connectivity index (χ4v) is 4.24. The van der Waals surface area contributed by atoms with Crippen LogP contribution in [-0.2, 0) is 4.74 Å². The zero-order chi connectivity index (χ0) is 26.3. The average molecular weight is 526 g/mol. The minimum atomic E-state index is -0.651. The molecule has 0 aliphatic carbocycles. The molecule has 1 saturated heterocycles. The van der Waals surface area contributed by atoms with Crippen LogP contribution in [0.2, 0.25) is 0 Å². The van der Waals surface area contributed by atoms with Gasteiger partial charge >= 0.3 is 0 Å². The van der Waals surface area contributed by atoms with Crippen molar-refractivity contribution >= 4 is 17.5 Å². The van der Waals surface area contributed by atoms with Crippen LogP contribution in [-0.4, -0.2) is 73.4 Å². The molecule has 1 fully saturated rings. The van der Waals surface area contributed by atoms with E-state index in [2.05, 4.69) is 25.5 Å².